The highest BCUT2D eigenvalue weighted by Crippen LogP contribution is 2.20. The van der Waals surface area contributed by atoms with E-state index < -0.39 is 11.2 Å². The Kier molecular flexibility index (Phi) is 5.32. The van der Waals surface area contributed by atoms with Crippen molar-refractivity contribution in [1.82, 2.24) is 24.0 Å². The van der Waals surface area contributed by atoms with Gasteiger partial charge >= 0.3 is 5.69 Å². The molecule has 0 aliphatic carbocycles. The molecule has 0 unspecified atom stereocenters. The van der Waals surface area contributed by atoms with Crippen LogP contribution in [0.4, 0.5) is 0 Å². The number of nitrogens with one attached hydrogen (secondary N) is 1. The minimum Gasteiger partial charge on any atom is -0.508 e. The van der Waals surface area contributed by atoms with Gasteiger partial charge in [0.1, 0.15) is 11.5 Å². The van der Waals surface area contributed by atoms with Gasteiger partial charge in [-0.25, -0.2) is 9.78 Å². The van der Waals surface area contributed by atoms with Gasteiger partial charge in [-0.2, -0.15) is 0 Å². The van der Waals surface area contributed by atoms with Crippen molar-refractivity contribution in [3.63, 3.8) is 0 Å². The molecule has 0 fully saturated rings. The summed E-state index contributed by atoms with van der Waals surface area (Å²) in [6, 6.07) is 3.74. The lowest BCUT2D eigenvalue weighted by atomic mass is 10.1. The molecule has 2 heterocycles. The molecule has 3 N–H and O–H groups in total. The van der Waals surface area contributed by atoms with E-state index in [1.807, 2.05) is 0 Å². The average molecular weight is 387 g/mol. The Labute approximate surface area is 159 Å². The maximum atomic E-state index is 12.4. The Morgan fingerprint density at radius 1 is 1.11 bits per heavy atom. The van der Waals surface area contributed by atoms with E-state index in [1.54, 1.807) is 11.6 Å². The molecule has 0 aliphatic heterocycles. The maximum absolute atomic E-state index is 12.4. The van der Waals surface area contributed by atoms with Crippen LogP contribution in [-0.2, 0) is 20.6 Å². The number of aromatic hydroxyl groups is 2. The molecule has 0 atom stereocenters. The summed E-state index contributed by atoms with van der Waals surface area (Å²) in [6.45, 7) is 1.03. The van der Waals surface area contributed by atoms with Crippen molar-refractivity contribution in [2.75, 3.05) is 13.1 Å². The molecule has 0 amide bonds. The number of nitrogens with zero attached hydrogens (tertiary/aromatic N) is 4. The molecule has 3 aromatic rings. The normalized spacial score (nSPS) is 11.2. The number of Topliss-reactive ketones (excluding diaryl/α,β-unsaturated/α-hetero) is 1. The number of aryl methyl sites for hydroxylation is 2. The first-order valence-electron chi connectivity index (χ1n) is 8.67. The highest BCUT2D eigenvalue weighted by molar-refractivity contribution is 5.98. The number of phenols is 2. The largest absolute Gasteiger partial charge is 0.508 e. The molecular formula is C18H21N5O5. The number of carbonyl (C=O) groups excluding carboxylic acids is 1. The molecule has 0 radical (unpaired) electrons. The third kappa shape index (κ3) is 3.67. The van der Waals surface area contributed by atoms with Gasteiger partial charge in [0, 0.05) is 32.3 Å². The molecule has 2 aromatic heterocycles. The van der Waals surface area contributed by atoms with Crippen LogP contribution in [0, 0.1) is 0 Å². The van der Waals surface area contributed by atoms with Gasteiger partial charge in [-0.1, -0.05) is 0 Å². The quantitative estimate of drug-likeness (QED) is 0.375. The first-order valence-corrected chi connectivity index (χ1v) is 8.67. The summed E-state index contributed by atoms with van der Waals surface area (Å²) in [5.74, 6) is -0.610. The van der Waals surface area contributed by atoms with Crippen molar-refractivity contribution in [3.8, 4) is 11.5 Å². The van der Waals surface area contributed by atoms with Gasteiger partial charge in [0.15, 0.2) is 16.9 Å². The molecule has 28 heavy (non-hydrogen) atoms. The molecule has 1 aromatic carbocycles. The predicted octanol–water partition coefficient (Wildman–Crippen LogP) is -0.293. The van der Waals surface area contributed by atoms with E-state index in [4.69, 9.17) is 0 Å². The molecule has 10 nitrogen and oxygen atoms in total. The van der Waals surface area contributed by atoms with Gasteiger partial charge in [0.25, 0.3) is 5.56 Å². The van der Waals surface area contributed by atoms with Gasteiger partial charge in [-0.05, 0) is 25.1 Å². The topological polar surface area (TPSA) is 131 Å². The fraction of sp³-hybridized carbons (Fsp3) is 0.333. The Morgan fingerprint density at radius 2 is 1.79 bits per heavy atom. The zero-order valence-corrected chi connectivity index (χ0v) is 15.5. The van der Waals surface area contributed by atoms with Crippen molar-refractivity contribution in [2.45, 2.75) is 13.0 Å². The zero-order chi connectivity index (χ0) is 20.4. The van der Waals surface area contributed by atoms with Crippen LogP contribution in [-0.4, -0.2) is 47.8 Å². The number of ketones is 1. The van der Waals surface area contributed by atoms with Crippen LogP contribution in [0.25, 0.3) is 11.2 Å². The second-order valence-corrected chi connectivity index (χ2v) is 6.51. The first-order chi connectivity index (χ1) is 13.3. The summed E-state index contributed by atoms with van der Waals surface area (Å²) in [5, 5.41) is 21.9. The molecule has 148 valence electrons. The molecule has 10 heteroatoms. The summed E-state index contributed by atoms with van der Waals surface area (Å²) in [4.78, 5) is 40.5. The lowest BCUT2D eigenvalue weighted by Gasteiger charge is -2.08. The second kappa shape index (κ2) is 7.69. The van der Waals surface area contributed by atoms with E-state index in [2.05, 4.69) is 10.3 Å². The summed E-state index contributed by atoms with van der Waals surface area (Å²) in [5.41, 5.74) is 0.0780. The van der Waals surface area contributed by atoms with E-state index in [1.165, 1.54) is 30.1 Å². The molecule has 0 saturated carbocycles. The van der Waals surface area contributed by atoms with Gasteiger partial charge in [0.05, 0.1) is 12.9 Å². The number of fused-ring (bicyclic) bond motifs is 1. The number of imidazole rings is 1. The minimum absolute atomic E-state index is 0.0455. The fourth-order valence-electron chi connectivity index (χ4n) is 3.00. The summed E-state index contributed by atoms with van der Waals surface area (Å²) < 4.78 is 4.06. The second-order valence-electron chi connectivity index (χ2n) is 6.51. The van der Waals surface area contributed by atoms with E-state index in [9.17, 15) is 24.6 Å². The van der Waals surface area contributed by atoms with E-state index in [0.717, 1.165) is 10.6 Å². The number of hydrogen-bond donors (Lipinski definition) is 3. The summed E-state index contributed by atoms with van der Waals surface area (Å²) in [6.07, 6.45) is 2.14. The summed E-state index contributed by atoms with van der Waals surface area (Å²) >= 11 is 0. The Bertz CT molecular complexity index is 1140. The fourth-order valence-corrected chi connectivity index (χ4v) is 3.00. The van der Waals surface area contributed by atoms with E-state index >= 15 is 0 Å². The number of carbonyl (C=O) groups is 1. The molecule has 0 bridgehead atoms. The van der Waals surface area contributed by atoms with Crippen LogP contribution in [0.2, 0.25) is 0 Å². The number of phenolic OH excluding ortho intramolecular Hbond substituents is 2. The molecule has 0 spiro atoms. The van der Waals surface area contributed by atoms with E-state index in [0.29, 0.717) is 30.7 Å². The SMILES string of the molecule is Cn1c(=O)c2c(ncn2CCCNCC(=O)c2cc(O)cc(O)c2)n(C)c1=O. The lowest BCUT2D eigenvalue weighted by Crippen LogP contribution is -2.37. The molecular weight excluding hydrogens is 366 g/mol. The highest BCUT2D eigenvalue weighted by Gasteiger charge is 2.14. The number of aromatic nitrogens is 4. The van der Waals surface area contributed by atoms with Crippen molar-refractivity contribution < 1.29 is 15.0 Å². The first kappa shape index (κ1) is 19.4. The number of hydrogen-bond acceptors (Lipinski definition) is 7. The lowest BCUT2D eigenvalue weighted by molar-refractivity contribution is 0.0990. The highest BCUT2D eigenvalue weighted by atomic mass is 16.3. The monoisotopic (exact) mass is 387 g/mol. The van der Waals surface area contributed by atoms with Crippen LogP contribution in [0.3, 0.4) is 0 Å². The van der Waals surface area contributed by atoms with Crippen molar-refractivity contribution >= 4 is 16.9 Å². The van der Waals surface area contributed by atoms with Crippen LogP contribution in [0.15, 0.2) is 34.1 Å². The average Bonchev–Trinajstić information content (AvgIpc) is 3.07. The van der Waals surface area contributed by atoms with Crippen LogP contribution < -0.4 is 16.6 Å². The van der Waals surface area contributed by atoms with Crippen LogP contribution in [0.1, 0.15) is 16.8 Å². The van der Waals surface area contributed by atoms with Gasteiger partial charge in [0.2, 0.25) is 0 Å². The Balaban J connectivity index is 1.60. The Hall–Kier alpha value is -3.40. The zero-order valence-electron chi connectivity index (χ0n) is 15.5. The smallest absolute Gasteiger partial charge is 0.332 e. The third-order valence-corrected chi connectivity index (χ3v) is 4.48. The minimum atomic E-state index is -0.430. The summed E-state index contributed by atoms with van der Waals surface area (Å²) in [7, 11) is 2.99. The molecule has 3 rings (SSSR count). The van der Waals surface area contributed by atoms with Gasteiger partial charge in [-0.15, -0.1) is 0 Å². The Morgan fingerprint density at radius 3 is 2.46 bits per heavy atom. The standard InChI is InChI=1S/C18H21N5O5/c1-21-16-15(17(27)22(2)18(21)28)23(10-20-16)5-3-4-19-9-14(26)11-6-12(24)8-13(25)7-11/h6-8,10,19,24-25H,3-5,9H2,1-2H3. The molecule has 0 saturated heterocycles. The predicted molar refractivity (Wildman–Crippen MR) is 102 cm³/mol. The molecule has 0 aliphatic rings. The van der Waals surface area contributed by atoms with Crippen LogP contribution in [0.5, 0.6) is 11.5 Å². The maximum Gasteiger partial charge on any atom is 0.332 e. The van der Waals surface area contributed by atoms with Crippen molar-refractivity contribution in [2.24, 2.45) is 14.1 Å². The number of benzene rings is 1. The third-order valence-electron chi connectivity index (χ3n) is 4.48. The van der Waals surface area contributed by atoms with Crippen LogP contribution >= 0.6 is 0 Å². The van der Waals surface area contributed by atoms with Crippen molar-refractivity contribution in [1.29, 1.82) is 0 Å². The van der Waals surface area contributed by atoms with E-state index in [-0.39, 0.29) is 29.4 Å². The van der Waals surface area contributed by atoms with Crippen molar-refractivity contribution in [3.05, 3.63) is 50.9 Å². The van der Waals surface area contributed by atoms with Gasteiger partial charge in [-0.3, -0.25) is 18.7 Å². The number of rotatable bonds is 7. The van der Waals surface area contributed by atoms with Gasteiger partial charge < -0.3 is 20.1 Å².